The summed E-state index contributed by atoms with van der Waals surface area (Å²) in [5, 5.41) is 0. The lowest BCUT2D eigenvalue weighted by atomic mass is 9.81. The highest BCUT2D eigenvalue weighted by Gasteiger charge is 2.47. The Morgan fingerprint density at radius 1 is 1.04 bits per heavy atom. The Balaban J connectivity index is 5.36. The minimum atomic E-state index is -1.47. The summed E-state index contributed by atoms with van der Waals surface area (Å²) in [7, 11) is 2.52. The molecule has 5 heteroatoms. The van der Waals surface area contributed by atoms with E-state index in [-0.39, 0.29) is 12.8 Å². The number of esters is 2. The van der Waals surface area contributed by atoms with E-state index in [4.69, 9.17) is 9.47 Å². The van der Waals surface area contributed by atoms with E-state index in [9.17, 15) is 9.59 Å². The summed E-state index contributed by atoms with van der Waals surface area (Å²) in [6.07, 6.45) is 7.34. The maximum Gasteiger partial charge on any atom is 0.324 e. The third kappa shape index (κ3) is 9.80. The van der Waals surface area contributed by atoms with Crippen LogP contribution in [-0.4, -0.2) is 26.2 Å². The SMILES string of the molecule is C=CCC#CCC/C(I)=C/CC(CC#CCCC(=C)C)(C(=O)OC)C(=O)OC. The Labute approximate surface area is 183 Å². The van der Waals surface area contributed by atoms with Gasteiger partial charge < -0.3 is 9.47 Å². The van der Waals surface area contributed by atoms with Crippen LogP contribution < -0.4 is 0 Å². The second-order valence-electron chi connectivity index (χ2n) is 6.25. The number of allylic oxidation sites excluding steroid dienone is 4. The van der Waals surface area contributed by atoms with E-state index in [1.54, 1.807) is 6.08 Å². The summed E-state index contributed by atoms with van der Waals surface area (Å²) in [5.41, 5.74) is -0.430. The zero-order valence-corrected chi connectivity index (χ0v) is 19.2. The van der Waals surface area contributed by atoms with Crippen molar-refractivity contribution in [1.29, 1.82) is 0 Å². The maximum absolute atomic E-state index is 12.5. The average Bonchev–Trinajstić information content (AvgIpc) is 2.68. The molecule has 0 aliphatic carbocycles. The molecule has 0 heterocycles. The Morgan fingerprint density at radius 3 is 2.14 bits per heavy atom. The van der Waals surface area contributed by atoms with E-state index in [1.165, 1.54) is 14.2 Å². The summed E-state index contributed by atoms with van der Waals surface area (Å²) in [5.74, 6) is 10.7. The molecule has 0 unspecified atom stereocenters. The van der Waals surface area contributed by atoms with Crippen molar-refractivity contribution in [3.63, 3.8) is 0 Å². The number of carbonyl (C=O) groups is 2. The second kappa shape index (κ2) is 15.0. The number of rotatable bonds is 10. The number of hydrogen-bond donors (Lipinski definition) is 0. The van der Waals surface area contributed by atoms with Crippen LogP contribution in [0.3, 0.4) is 0 Å². The molecule has 4 nitrogen and oxygen atoms in total. The molecule has 0 saturated heterocycles. The standard InChI is InChI=1S/C23H29IO4/c1-6-7-8-9-12-15-20(24)16-18-23(21(25)27-4,22(26)28-5)17-13-10-11-14-19(2)3/h6,16H,1-2,7,11-12,14-15,17-18H2,3-5H3/b20-16-. The van der Waals surface area contributed by atoms with Crippen LogP contribution in [0.15, 0.2) is 34.5 Å². The number of carbonyl (C=O) groups excluding carboxylic acids is 2. The summed E-state index contributed by atoms with van der Waals surface area (Å²) >= 11 is 2.20. The number of halogens is 1. The van der Waals surface area contributed by atoms with Crippen LogP contribution in [0.2, 0.25) is 0 Å². The topological polar surface area (TPSA) is 52.6 Å². The lowest BCUT2D eigenvalue weighted by molar-refractivity contribution is -0.168. The fourth-order valence-corrected chi connectivity index (χ4v) is 2.73. The summed E-state index contributed by atoms with van der Waals surface area (Å²) in [6, 6.07) is 0. The van der Waals surface area contributed by atoms with Crippen LogP contribution in [0.4, 0.5) is 0 Å². The number of ether oxygens (including phenoxy) is 2. The molecule has 0 aromatic heterocycles. The Hall–Kier alpha value is -1.99. The maximum atomic E-state index is 12.5. The molecule has 0 bridgehead atoms. The zero-order valence-electron chi connectivity index (χ0n) is 17.0. The predicted molar refractivity (Wildman–Crippen MR) is 121 cm³/mol. The highest BCUT2D eigenvalue weighted by atomic mass is 127. The number of hydrogen-bond acceptors (Lipinski definition) is 4. The largest absolute Gasteiger partial charge is 0.468 e. The molecule has 0 aliphatic heterocycles. The van der Waals surface area contributed by atoms with Crippen LogP contribution in [0.25, 0.3) is 0 Å². The Bertz CT molecular complexity index is 694. The van der Waals surface area contributed by atoms with Gasteiger partial charge in [-0.2, -0.15) is 0 Å². The molecule has 28 heavy (non-hydrogen) atoms. The molecule has 0 rings (SSSR count). The average molecular weight is 496 g/mol. The minimum Gasteiger partial charge on any atom is -0.468 e. The van der Waals surface area contributed by atoms with Gasteiger partial charge in [-0.05, 0) is 52.4 Å². The molecular formula is C23H29IO4. The van der Waals surface area contributed by atoms with E-state index in [0.717, 1.165) is 22.0 Å². The van der Waals surface area contributed by atoms with Gasteiger partial charge in [0.15, 0.2) is 5.41 Å². The van der Waals surface area contributed by atoms with Gasteiger partial charge in [-0.3, -0.25) is 9.59 Å². The van der Waals surface area contributed by atoms with Crippen LogP contribution >= 0.6 is 22.6 Å². The first-order chi connectivity index (χ1) is 13.3. The first-order valence-electron chi connectivity index (χ1n) is 9.02. The second-order valence-corrected chi connectivity index (χ2v) is 7.64. The molecule has 0 radical (unpaired) electrons. The molecule has 0 aliphatic rings. The smallest absolute Gasteiger partial charge is 0.324 e. The third-order valence-corrected chi connectivity index (χ3v) is 4.86. The fraction of sp³-hybridized carbons (Fsp3) is 0.478. The van der Waals surface area contributed by atoms with E-state index in [1.807, 2.05) is 13.0 Å². The first kappa shape index (κ1) is 26.0. The first-order valence-corrected chi connectivity index (χ1v) is 10.1. The third-order valence-electron chi connectivity index (χ3n) is 3.88. The van der Waals surface area contributed by atoms with Gasteiger partial charge in [-0.25, -0.2) is 0 Å². The molecule has 0 amide bonds. The Morgan fingerprint density at radius 2 is 1.61 bits per heavy atom. The summed E-state index contributed by atoms with van der Waals surface area (Å²) in [6.45, 7) is 9.39. The monoisotopic (exact) mass is 496 g/mol. The molecule has 0 N–H and O–H groups in total. The van der Waals surface area contributed by atoms with Crippen LogP contribution in [0, 0.1) is 29.1 Å². The van der Waals surface area contributed by atoms with Crippen molar-refractivity contribution in [3.05, 3.63) is 34.5 Å². The van der Waals surface area contributed by atoms with Crippen molar-refractivity contribution in [2.24, 2.45) is 5.41 Å². The van der Waals surface area contributed by atoms with Crippen LogP contribution in [0.1, 0.15) is 51.9 Å². The molecule has 0 aromatic rings. The number of methoxy groups -OCH3 is 2. The minimum absolute atomic E-state index is 0.0437. The van der Waals surface area contributed by atoms with Crippen molar-refractivity contribution in [2.75, 3.05) is 14.2 Å². The van der Waals surface area contributed by atoms with Gasteiger partial charge >= 0.3 is 11.9 Å². The molecule has 0 fully saturated rings. The van der Waals surface area contributed by atoms with Gasteiger partial charge in [-0.1, -0.05) is 23.6 Å². The Kier molecular flexibility index (Phi) is 13.9. The predicted octanol–water partition coefficient (Wildman–Crippen LogP) is 5.14. The molecular weight excluding hydrogens is 467 g/mol. The van der Waals surface area contributed by atoms with Gasteiger partial charge in [0.1, 0.15) is 0 Å². The van der Waals surface area contributed by atoms with E-state index in [0.29, 0.717) is 19.3 Å². The quantitative estimate of drug-likeness (QED) is 0.138. The lowest BCUT2D eigenvalue weighted by Gasteiger charge is -2.25. The highest BCUT2D eigenvalue weighted by molar-refractivity contribution is 14.1. The van der Waals surface area contributed by atoms with Gasteiger partial charge in [0.2, 0.25) is 0 Å². The van der Waals surface area contributed by atoms with Crippen molar-refractivity contribution < 1.29 is 19.1 Å². The van der Waals surface area contributed by atoms with E-state index < -0.39 is 17.4 Å². The molecule has 0 saturated carbocycles. The van der Waals surface area contributed by atoms with Crippen LogP contribution in [-0.2, 0) is 19.1 Å². The van der Waals surface area contributed by atoms with Crippen LogP contribution in [0.5, 0.6) is 0 Å². The molecule has 0 spiro atoms. The van der Waals surface area contributed by atoms with E-state index in [2.05, 4.69) is 59.4 Å². The normalized spacial score (nSPS) is 10.6. The van der Waals surface area contributed by atoms with Crippen molar-refractivity contribution in [2.45, 2.75) is 51.9 Å². The molecule has 152 valence electrons. The molecule has 0 aromatic carbocycles. The van der Waals surface area contributed by atoms with E-state index >= 15 is 0 Å². The fourth-order valence-electron chi connectivity index (χ4n) is 2.24. The lowest BCUT2D eigenvalue weighted by Crippen LogP contribution is -2.40. The van der Waals surface area contributed by atoms with Gasteiger partial charge in [0.25, 0.3) is 0 Å². The van der Waals surface area contributed by atoms with Gasteiger partial charge in [-0.15, -0.1) is 30.9 Å². The highest BCUT2D eigenvalue weighted by Crippen LogP contribution is 2.32. The summed E-state index contributed by atoms with van der Waals surface area (Å²) < 4.78 is 10.8. The van der Waals surface area contributed by atoms with Gasteiger partial charge in [0, 0.05) is 25.7 Å². The van der Waals surface area contributed by atoms with Crippen molar-refractivity contribution in [1.82, 2.24) is 0 Å². The summed E-state index contributed by atoms with van der Waals surface area (Å²) in [4.78, 5) is 25.0. The van der Waals surface area contributed by atoms with Crippen molar-refractivity contribution in [3.8, 4) is 23.7 Å². The van der Waals surface area contributed by atoms with Crippen molar-refractivity contribution >= 4 is 34.5 Å². The van der Waals surface area contributed by atoms with Gasteiger partial charge in [0.05, 0.1) is 14.2 Å². The zero-order chi connectivity index (χ0) is 21.4. The molecule has 0 atom stereocenters.